The summed E-state index contributed by atoms with van der Waals surface area (Å²) in [4.78, 5) is 13.4. The Bertz CT molecular complexity index is 517. The Morgan fingerprint density at radius 2 is 2.00 bits per heavy atom. The second kappa shape index (κ2) is 5.86. The van der Waals surface area contributed by atoms with Gasteiger partial charge in [-0.15, -0.1) is 0 Å². The van der Waals surface area contributed by atoms with Crippen molar-refractivity contribution in [1.82, 2.24) is 10.2 Å². The molecular formula is C16H21BrN2O. The summed E-state index contributed by atoms with van der Waals surface area (Å²) in [5.41, 5.74) is 2.95. The van der Waals surface area contributed by atoms with Crippen molar-refractivity contribution >= 4 is 21.8 Å². The molecule has 2 atom stereocenters. The minimum atomic E-state index is 0.280. The fraction of sp³-hybridized carbons (Fsp3) is 0.562. The molecule has 1 aliphatic carbocycles. The molecular weight excluding hydrogens is 316 g/mol. The number of rotatable bonds is 2. The Balaban J connectivity index is 1.60. The Morgan fingerprint density at radius 1 is 1.20 bits per heavy atom. The fourth-order valence-corrected chi connectivity index (χ4v) is 3.76. The topological polar surface area (TPSA) is 32.3 Å². The van der Waals surface area contributed by atoms with Crippen LogP contribution in [0.2, 0.25) is 0 Å². The first-order valence-electron chi connectivity index (χ1n) is 7.39. The van der Waals surface area contributed by atoms with Crippen LogP contribution in [0.4, 0.5) is 0 Å². The number of likely N-dealkylation sites (N-methyl/N-ethyl adjacent to an activating group) is 1. The summed E-state index contributed by atoms with van der Waals surface area (Å²) in [6.07, 6.45) is 5.11. The quantitative estimate of drug-likeness (QED) is 0.899. The Labute approximate surface area is 128 Å². The zero-order chi connectivity index (χ0) is 14.1. The molecule has 1 aromatic carbocycles. The predicted octanol–water partition coefficient (Wildman–Crippen LogP) is 2.52. The number of nitrogens with one attached hydrogen (secondary N) is 1. The van der Waals surface area contributed by atoms with E-state index in [9.17, 15) is 4.79 Å². The van der Waals surface area contributed by atoms with Crippen molar-refractivity contribution in [2.75, 3.05) is 13.6 Å². The Kier molecular flexibility index (Phi) is 4.13. The lowest BCUT2D eigenvalue weighted by Crippen LogP contribution is -2.50. The highest BCUT2D eigenvalue weighted by Gasteiger charge is 2.26. The summed E-state index contributed by atoms with van der Waals surface area (Å²) < 4.78 is 1.18. The molecule has 0 saturated carbocycles. The molecule has 2 unspecified atom stereocenters. The molecule has 1 aromatic rings. The van der Waals surface area contributed by atoms with Gasteiger partial charge in [-0.2, -0.15) is 0 Å². The SMILES string of the molecule is CN1CC(NC2CCc3cc(Br)ccc3C2)CCC1=O. The van der Waals surface area contributed by atoms with E-state index in [1.54, 1.807) is 0 Å². The van der Waals surface area contributed by atoms with Crippen LogP contribution in [0, 0.1) is 0 Å². The minimum absolute atomic E-state index is 0.280. The fourth-order valence-electron chi connectivity index (χ4n) is 3.35. The molecule has 0 aromatic heterocycles. The van der Waals surface area contributed by atoms with E-state index in [4.69, 9.17) is 0 Å². The lowest BCUT2D eigenvalue weighted by atomic mass is 9.87. The van der Waals surface area contributed by atoms with Gasteiger partial charge in [0, 0.05) is 36.6 Å². The summed E-state index contributed by atoms with van der Waals surface area (Å²) in [5, 5.41) is 3.76. The first-order chi connectivity index (χ1) is 9.61. The van der Waals surface area contributed by atoms with Crippen molar-refractivity contribution in [3.63, 3.8) is 0 Å². The molecule has 2 aliphatic rings. The number of halogens is 1. The first-order valence-corrected chi connectivity index (χ1v) is 8.18. The highest BCUT2D eigenvalue weighted by molar-refractivity contribution is 9.10. The van der Waals surface area contributed by atoms with Crippen LogP contribution in [-0.4, -0.2) is 36.5 Å². The lowest BCUT2D eigenvalue weighted by Gasteiger charge is -2.35. The van der Waals surface area contributed by atoms with Crippen molar-refractivity contribution in [3.05, 3.63) is 33.8 Å². The van der Waals surface area contributed by atoms with E-state index >= 15 is 0 Å². The number of hydrogen-bond donors (Lipinski definition) is 1. The van der Waals surface area contributed by atoms with Gasteiger partial charge >= 0.3 is 0 Å². The van der Waals surface area contributed by atoms with Crippen molar-refractivity contribution in [3.8, 4) is 0 Å². The number of nitrogens with zero attached hydrogens (tertiary/aromatic N) is 1. The summed E-state index contributed by atoms with van der Waals surface area (Å²) in [5.74, 6) is 0.280. The number of piperidine rings is 1. The van der Waals surface area contributed by atoms with Crippen LogP contribution in [0.3, 0.4) is 0 Å². The maximum atomic E-state index is 11.5. The molecule has 108 valence electrons. The van der Waals surface area contributed by atoms with Gasteiger partial charge in [-0.25, -0.2) is 0 Å². The largest absolute Gasteiger partial charge is 0.344 e. The lowest BCUT2D eigenvalue weighted by molar-refractivity contribution is -0.132. The van der Waals surface area contributed by atoms with Crippen molar-refractivity contribution in [2.45, 2.75) is 44.2 Å². The molecule has 0 spiro atoms. The molecule has 4 heteroatoms. The van der Waals surface area contributed by atoms with Gasteiger partial charge in [-0.05, 0) is 48.9 Å². The second-order valence-corrected chi connectivity index (χ2v) is 6.94. The van der Waals surface area contributed by atoms with E-state index in [0.29, 0.717) is 18.5 Å². The third-order valence-corrected chi connectivity index (χ3v) is 4.99. The molecule has 3 nitrogen and oxygen atoms in total. The van der Waals surface area contributed by atoms with Gasteiger partial charge in [0.15, 0.2) is 0 Å². The van der Waals surface area contributed by atoms with Gasteiger partial charge in [-0.3, -0.25) is 4.79 Å². The van der Waals surface area contributed by atoms with Crippen LogP contribution in [0.15, 0.2) is 22.7 Å². The van der Waals surface area contributed by atoms with Gasteiger partial charge in [-0.1, -0.05) is 22.0 Å². The van der Waals surface area contributed by atoms with E-state index in [2.05, 4.69) is 39.4 Å². The van der Waals surface area contributed by atoms with Crippen LogP contribution in [0.25, 0.3) is 0 Å². The van der Waals surface area contributed by atoms with Crippen LogP contribution in [0.5, 0.6) is 0 Å². The van der Waals surface area contributed by atoms with Gasteiger partial charge in [0.1, 0.15) is 0 Å². The molecule has 3 rings (SSSR count). The van der Waals surface area contributed by atoms with Crippen molar-refractivity contribution < 1.29 is 4.79 Å². The van der Waals surface area contributed by atoms with Crippen LogP contribution in [-0.2, 0) is 17.6 Å². The van der Waals surface area contributed by atoms with Gasteiger partial charge in [0.25, 0.3) is 0 Å². The molecule has 1 saturated heterocycles. The summed E-state index contributed by atoms with van der Waals surface area (Å²) in [6.45, 7) is 0.850. The first kappa shape index (κ1) is 14.1. The Hall–Kier alpha value is -0.870. The number of fused-ring (bicyclic) bond motifs is 1. The molecule has 0 bridgehead atoms. The minimum Gasteiger partial charge on any atom is -0.344 e. The predicted molar refractivity (Wildman–Crippen MR) is 83.7 cm³/mol. The number of amides is 1. The zero-order valence-electron chi connectivity index (χ0n) is 11.9. The molecule has 1 amide bonds. The number of aryl methyl sites for hydroxylation is 1. The number of benzene rings is 1. The average Bonchev–Trinajstić information content (AvgIpc) is 2.43. The Morgan fingerprint density at radius 3 is 2.80 bits per heavy atom. The van der Waals surface area contributed by atoms with E-state index < -0.39 is 0 Å². The normalized spacial score (nSPS) is 26.5. The van der Waals surface area contributed by atoms with Gasteiger partial charge in [0.2, 0.25) is 5.91 Å². The second-order valence-electron chi connectivity index (χ2n) is 6.03. The average molecular weight is 337 g/mol. The van der Waals surface area contributed by atoms with E-state index in [1.807, 2.05) is 11.9 Å². The highest BCUT2D eigenvalue weighted by Crippen LogP contribution is 2.25. The number of carbonyl (C=O) groups is 1. The molecule has 1 aliphatic heterocycles. The van der Waals surface area contributed by atoms with Crippen LogP contribution in [0.1, 0.15) is 30.4 Å². The number of hydrogen-bond acceptors (Lipinski definition) is 2. The number of likely N-dealkylation sites (tertiary alicyclic amines) is 1. The van der Waals surface area contributed by atoms with Gasteiger partial charge < -0.3 is 10.2 Å². The third kappa shape index (κ3) is 3.07. The third-order valence-electron chi connectivity index (χ3n) is 4.49. The standard InChI is InChI=1S/C16H21BrN2O/c1-19-10-15(6-7-16(19)20)18-14-5-3-11-8-13(17)4-2-12(11)9-14/h2,4,8,14-15,18H,3,5-7,9-10H2,1H3. The molecule has 1 heterocycles. The van der Waals surface area contributed by atoms with Crippen LogP contribution < -0.4 is 5.32 Å². The zero-order valence-corrected chi connectivity index (χ0v) is 13.4. The van der Waals surface area contributed by atoms with E-state index in [1.165, 1.54) is 22.0 Å². The molecule has 20 heavy (non-hydrogen) atoms. The smallest absolute Gasteiger partial charge is 0.222 e. The maximum Gasteiger partial charge on any atom is 0.222 e. The highest BCUT2D eigenvalue weighted by atomic mass is 79.9. The van der Waals surface area contributed by atoms with E-state index in [-0.39, 0.29) is 5.91 Å². The summed E-state index contributed by atoms with van der Waals surface area (Å²) in [6, 6.07) is 7.63. The van der Waals surface area contributed by atoms with Crippen molar-refractivity contribution in [1.29, 1.82) is 0 Å². The van der Waals surface area contributed by atoms with E-state index in [0.717, 1.165) is 25.8 Å². The van der Waals surface area contributed by atoms with Crippen LogP contribution >= 0.6 is 15.9 Å². The molecule has 0 radical (unpaired) electrons. The maximum absolute atomic E-state index is 11.5. The summed E-state index contributed by atoms with van der Waals surface area (Å²) in [7, 11) is 1.91. The monoisotopic (exact) mass is 336 g/mol. The molecule has 1 N–H and O–H groups in total. The molecule has 1 fully saturated rings. The summed E-state index contributed by atoms with van der Waals surface area (Å²) >= 11 is 3.54. The van der Waals surface area contributed by atoms with Crippen molar-refractivity contribution in [2.24, 2.45) is 0 Å². The number of carbonyl (C=O) groups excluding carboxylic acids is 1. The van der Waals surface area contributed by atoms with Gasteiger partial charge in [0.05, 0.1) is 0 Å².